The standard InChI is InChI=1S/C46H30N4/c1-2-14-30(15-3-1)34-18-7-9-25-42(34)50-43-26-13-21-37(39-29-32(40-23-10-11-27-47-40)28-31-16-4-5-17-33(31)39)45(43)49-46(50)38-22-12-20-36-35-19-6-8-24-41(35)48-44(36)38/h1-29,48H. The van der Waals surface area contributed by atoms with E-state index < -0.39 is 0 Å². The van der Waals surface area contributed by atoms with E-state index in [1.807, 2.05) is 18.3 Å². The average molecular weight is 639 g/mol. The molecule has 0 aliphatic rings. The van der Waals surface area contributed by atoms with E-state index in [1.54, 1.807) is 0 Å². The molecule has 10 aromatic rings. The van der Waals surface area contributed by atoms with Gasteiger partial charge in [-0.1, -0.05) is 121 Å². The highest BCUT2D eigenvalue weighted by atomic mass is 15.1. The van der Waals surface area contributed by atoms with Crippen molar-refractivity contribution in [1.82, 2.24) is 19.5 Å². The van der Waals surface area contributed by atoms with E-state index in [2.05, 4.69) is 167 Å². The number of hydrogen-bond acceptors (Lipinski definition) is 2. The summed E-state index contributed by atoms with van der Waals surface area (Å²) in [6.07, 6.45) is 1.85. The molecule has 0 saturated carbocycles. The molecule has 0 radical (unpaired) electrons. The molecule has 10 rings (SSSR count). The van der Waals surface area contributed by atoms with Crippen LogP contribution in [0.1, 0.15) is 0 Å². The summed E-state index contributed by atoms with van der Waals surface area (Å²) >= 11 is 0. The van der Waals surface area contributed by atoms with E-state index in [0.29, 0.717) is 0 Å². The van der Waals surface area contributed by atoms with Crippen molar-refractivity contribution in [2.24, 2.45) is 0 Å². The highest BCUT2D eigenvalue weighted by molar-refractivity contribution is 6.12. The fraction of sp³-hybridized carbons (Fsp3) is 0. The highest BCUT2D eigenvalue weighted by Crippen LogP contribution is 2.42. The van der Waals surface area contributed by atoms with Crippen molar-refractivity contribution in [2.45, 2.75) is 0 Å². The molecular weight excluding hydrogens is 609 g/mol. The fourth-order valence-corrected chi connectivity index (χ4v) is 7.55. The second-order valence-corrected chi connectivity index (χ2v) is 12.7. The predicted octanol–water partition coefficient (Wildman–Crippen LogP) is 11.9. The van der Waals surface area contributed by atoms with E-state index >= 15 is 0 Å². The lowest BCUT2D eigenvalue weighted by Gasteiger charge is -2.15. The molecule has 234 valence electrons. The minimum Gasteiger partial charge on any atom is -0.354 e. The molecule has 0 spiro atoms. The number of imidazole rings is 1. The SMILES string of the molecule is c1ccc(-c2ccccc2-n2c(-c3cccc4c3[nH]c3ccccc34)nc3c(-c4cc(-c5ccccn5)cc5ccccc45)cccc32)cc1. The zero-order valence-corrected chi connectivity index (χ0v) is 27.1. The molecule has 0 amide bonds. The normalized spacial score (nSPS) is 11.6. The minimum absolute atomic E-state index is 0.887. The summed E-state index contributed by atoms with van der Waals surface area (Å²) in [6.45, 7) is 0. The van der Waals surface area contributed by atoms with Gasteiger partial charge in [-0.15, -0.1) is 0 Å². The van der Waals surface area contributed by atoms with Crippen LogP contribution in [-0.2, 0) is 0 Å². The number of fused-ring (bicyclic) bond motifs is 5. The van der Waals surface area contributed by atoms with Crippen molar-refractivity contribution in [1.29, 1.82) is 0 Å². The van der Waals surface area contributed by atoms with Crippen LogP contribution in [0.5, 0.6) is 0 Å². The summed E-state index contributed by atoms with van der Waals surface area (Å²) in [4.78, 5) is 14.1. The maximum atomic E-state index is 5.63. The summed E-state index contributed by atoms with van der Waals surface area (Å²) in [5.74, 6) is 0.887. The van der Waals surface area contributed by atoms with Gasteiger partial charge in [-0.2, -0.15) is 0 Å². The second kappa shape index (κ2) is 11.4. The van der Waals surface area contributed by atoms with Gasteiger partial charge in [0.05, 0.1) is 27.9 Å². The van der Waals surface area contributed by atoms with E-state index in [0.717, 1.165) is 72.7 Å². The van der Waals surface area contributed by atoms with Crippen molar-refractivity contribution in [3.63, 3.8) is 0 Å². The summed E-state index contributed by atoms with van der Waals surface area (Å²) in [7, 11) is 0. The third kappa shape index (κ3) is 4.46. The number of para-hydroxylation sites is 4. The van der Waals surface area contributed by atoms with Gasteiger partial charge in [0.25, 0.3) is 0 Å². The van der Waals surface area contributed by atoms with Crippen LogP contribution in [0.4, 0.5) is 0 Å². The zero-order valence-electron chi connectivity index (χ0n) is 27.1. The molecule has 4 nitrogen and oxygen atoms in total. The molecule has 0 saturated heterocycles. The number of nitrogens with zero attached hydrogens (tertiary/aromatic N) is 3. The molecule has 1 N–H and O–H groups in total. The number of rotatable bonds is 5. The first kappa shape index (κ1) is 28.3. The summed E-state index contributed by atoms with van der Waals surface area (Å²) < 4.78 is 2.35. The quantitative estimate of drug-likeness (QED) is 0.204. The third-order valence-corrected chi connectivity index (χ3v) is 9.81. The lowest BCUT2D eigenvalue weighted by Crippen LogP contribution is -2.00. The van der Waals surface area contributed by atoms with Gasteiger partial charge >= 0.3 is 0 Å². The van der Waals surface area contributed by atoms with Crippen LogP contribution >= 0.6 is 0 Å². The van der Waals surface area contributed by atoms with E-state index in [-0.39, 0.29) is 0 Å². The van der Waals surface area contributed by atoms with Gasteiger partial charge in [-0.25, -0.2) is 4.98 Å². The Labute approximate surface area is 289 Å². The van der Waals surface area contributed by atoms with Crippen molar-refractivity contribution in [2.75, 3.05) is 0 Å². The zero-order chi connectivity index (χ0) is 33.0. The molecule has 0 atom stereocenters. The number of pyridine rings is 1. The molecule has 3 aromatic heterocycles. The van der Waals surface area contributed by atoms with E-state index in [4.69, 9.17) is 9.97 Å². The molecule has 7 aromatic carbocycles. The van der Waals surface area contributed by atoms with Crippen LogP contribution < -0.4 is 0 Å². The number of nitrogens with one attached hydrogen (secondary N) is 1. The van der Waals surface area contributed by atoms with Gasteiger partial charge < -0.3 is 4.98 Å². The lowest BCUT2D eigenvalue weighted by molar-refractivity contribution is 1.11. The number of H-pyrrole nitrogens is 1. The number of hydrogen-bond donors (Lipinski definition) is 1. The van der Waals surface area contributed by atoms with Crippen molar-refractivity contribution in [3.8, 4) is 50.6 Å². The van der Waals surface area contributed by atoms with E-state index in [9.17, 15) is 0 Å². The number of aromatic amines is 1. The first-order valence-electron chi connectivity index (χ1n) is 16.9. The lowest BCUT2D eigenvalue weighted by atomic mass is 9.93. The fourth-order valence-electron chi connectivity index (χ4n) is 7.55. The minimum atomic E-state index is 0.887. The van der Waals surface area contributed by atoms with Crippen LogP contribution in [0.25, 0.3) is 94.2 Å². The molecule has 4 heteroatoms. The Morgan fingerprint density at radius 3 is 2.10 bits per heavy atom. The smallest absolute Gasteiger partial charge is 0.147 e. The van der Waals surface area contributed by atoms with Gasteiger partial charge in [-0.3, -0.25) is 9.55 Å². The van der Waals surface area contributed by atoms with Gasteiger partial charge in [-0.05, 0) is 70.4 Å². The van der Waals surface area contributed by atoms with Crippen LogP contribution in [0.15, 0.2) is 176 Å². The average Bonchev–Trinajstić information content (AvgIpc) is 3.77. The highest BCUT2D eigenvalue weighted by Gasteiger charge is 2.23. The Morgan fingerprint density at radius 1 is 0.480 bits per heavy atom. The Hall–Kier alpha value is -6.78. The summed E-state index contributed by atoms with van der Waals surface area (Å²) in [6, 6.07) is 60.1. The van der Waals surface area contributed by atoms with Crippen LogP contribution in [0.3, 0.4) is 0 Å². The van der Waals surface area contributed by atoms with Crippen LogP contribution in [0.2, 0.25) is 0 Å². The predicted molar refractivity (Wildman–Crippen MR) is 207 cm³/mol. The van der Waals surface area contributed by atoms with Gasteiger partial charge in [0.2, 0.25) is 0 Å². The Bertz CT molecular complexity index is 2860. The van der Waals surface area contributed by atoms with Gasteiger partial charge in [0.15, 0.2) is 0 Å². The molecule has 0 unspecified atom stereocenters. The third-order valence-electron chi connectivity index (χ3n) is 9.81. The van der Waals surface area contributed by atoms with E-state index in [1.165, 1.54) is 21.5 Å². The monoisotopic (exact) mass is 638 g/mol. The second-order valence-electron chi connectivity index (χ2n) is 12.7. The van der Waals surface area contributed by atoms with Crippen molar-refractivity contribution in [3.05, 3.63) is 176 Å². The molecule has 3 heterocycles. The first-order valence-corrected chi connectivity index (χ1v) is 16.9. The number of benzene rings is 7. The molecule has 0 aliphatic heterocycles. The maximum absolute atomic E-state index is 5.63. The Kier molecular flexibility index (Phi) is 6.46. The number of aromatic nitrogens is 4. The van der Waals surface area contributed by atoms with Crippen LogP contribution in [0, 0.1) is 0 Å². The summed E-state index contributed by atoms with van der Waals surface area (Å²) in [5, 5.41) is 4.73. The Balaban J connectivity index is 1.32. The first-order chi connectivity index (χ1) is 24.8. The summed E-state index contributed by atoms with van der Waals surface area (Å²) in [5.41, 5.74) is 12.8. The van der Waals surface area contributed by atoms with Crippen molar-refractivity contribution >= 4 is 43.6 Å². The molecule has 0 fully saturated rings. The van der Waals surface area contributed by atoms with Crippen molar-refractivity contribution < 1.29 is 0 Å². The van der Waals surface area contributed by atoms with Gasteiger partial charge in [0, 0.05) is 44.7 Å². The largest absolute Gasteiger partial charge is 0.354 e. The topological polar surface area (TPSA) is 46.5 Å². The molecule has 0 aliphatic carbocycles. The molecule has 50 heavy (non-hydrogen) atoms. The Morgan fingerprint density at radius 2 is 1.20 bits per heavy atom. The molecular formula is C46H30N4. The van der Waals surface area contributed by atoms with Crippen LogP contribution in [-0.4, -0.2) is 19.5 Å². The van der Waals surface area contributed by atoms with Gasteiger partial charge in [0.1, 0.15) is 5.82 Å². The molecule has 0 bridgehead atoms. The maximum Gasteiger partial charge on any atom is 0.147 e.